The van der Waals surface area contributed by atoms with Gasteiger partial charge in [-0.3, -0.25) is 24.0 Å². The zero-order chi connectivity index (χ0) is 19.0. The Morgan fingerprint density at radius 2 is 2.07 bits per heavy atom. The van der Waals surface area contributed by atoms with Crippen molar-refractivity contribution in [1.29, 1.82) is 0 Å². The fourth-order valence-electron chi connectivity index (χ4n) is 3.93. The number of morpholine rings is 1. The SMILES string of the molecule is Cn1c(=O)n(C2CCC(=O)NC2=O)c2ccc(CC[C@H]3CNCCO3)cc21. The van der Waals surface area contributed by atoms with Crippen molar-refractivity contribution in [3.8, 4) is 0 Å². The van der Waals surface area contributed by atoms with Crippen LogP contribution < -0.4 is 16.3 Å². The van der Waals surface area contributed by atoms with Crippen LogP contribution in [0.25, 0.3) is 11.0 Å². The average molecular weight is 372 g/mol. The molecular formula is C19H24N4O4. The summed E-state index contributed by atoms with van der Waals surface area (Å²) >= 11 is 0. The van der Waals surface area contributed by atoms with Crippen molar-refractivity contribution < 1.29 is 14.3 Å². The number of aromatic nitrogens is 2. The van der Waals surface area contributed by atoms with Gasteiger partial charge in [-0.1, -0.05) is 6.07 Å². The normalized spacial score (nSPS) is 23.6. The van der Waals surface area contributed by atoms with Gasteiger partial charge in [0.15, 0.2) is 0 Å². The molecule has 27 heavy (non-hydrogen) atoms. The van der Waals surface area contributed by atoms with E-state index in [0.29, 0.717) is 6.42 Å². The minimum atomic E-state index is -0.647. The van der Waals surface area contributed by atoms with Crippen LogP contribution in [0, 0.1) is 0 Å². The first kappa shape index (κ1) is 17.9. The fraction of sp³-hybridized carbons (Fsp3) is 0.526. The molecule has 3 heterocycles. The number of imidazole rings is 1. The van der Waals surface area contributed by atoms with Gasteiger partial charge in [-0.25, -0.2) is 4.79 Å². The number of amides is 2. The summed E-state index contributed by atoms with van der Waals surface area (Å²) in [5.74, 6) is -0.696. The minimum Gasteiger partial charge on any atom is -0.376 e. The molecule has 0 spiro atoms. The summed E-state index contributed by atoms with van der Waals surface area (Å²) in [6.45, 7) is 2.51. The van der Waals surface area contributed by atoms with Crippen LogP contribution in [0.5, 0.6) is 0 Å². The summed E-state index contributed by atoms with van der Waals surface area (Å²) in [6.07, 6.45) is 2.58. The molecule has 1 aromatic carbocycles. The number of nitrogens with one attached hydrogen (secondary N) is 2. The third kappa shape index (κ3) is 3.42. The van der Waals surface area contributed by atoms with E-state index in [1.807, 2.05) is 18.2 Å². The van der Waals surface area contributed by atoms with Gasteiger partial charge in [-0.2, -0.15) is 0 Å². The zero-order valence-electron chi connectivity index (χ0n) is 15.4. The van der Waals surface area contributed by atoms with Crippen LogP contribution in [0.15, 0.2) is 23.0 Å². The molecule has 144 valence electrons. The van der Waals surface area contributed by atoms with E-state index in [1.54, 1.807) is 11.6 Å². The molecule has 0 saturated carbocycles. The molecule has 2 N–H and O–H groups in total. The van der Waals surface area contributed by atoms with Gasteiger partial charge in [0.1, 0.15) is 6.04 Å². The lowest BCUT2D eigenvalue weighted by Crippen LogP contribution is -2.44. The fourth-order valence-corrected chi connectivity index (χ4v) is 3.93. The molecule has 2 aromatic rings. The third-order valence-electron chi connectivity index (χ3n) is 5.43. The van der Waals surface area contributed by atoms with E-state index < -0.39 is 11.9 Å². The Morgan fingerprint density at radius 3 is 2.81 bits per heavy atom. The van der Waals surface area contributed by atoms with Crippen LogP contribution in [-0.2, 0) is 27.8 Å². The minimum absolute atomic E-state index is 0.214. The van der Waals surface area contributed by atoms with Crippen LogP contribution >= 0.6 is 0 Å². The smallest absolute Gasteiger partial charge is 0.329 e. The Kier molecular flexibility index (Phi) is 4.84. The summed E-state index contributed by atoms with van der Waals surface area (Å²) in [4.78, 5) is 36.4. The molecule has 0 aliphatic carbocycles. The highest BCUT2D eigenvalue weighted by Crippen LogP contribution is 2.24. The lowest BCUT2D eigenvalue weighted by atomic mass is 10.0. The van der Waals surface area contributed by atoms with Gasteiger partial charge >= 0.3 is 5.69 Å². The molecule has 1 aromatic heterocycles. The Morgan fingerprint density at radius 1 is 1.22 bits per heavy atom. The third-order valence-corrected chi connectivity index (χ3v) is 5.43. The quantitative estimate of drug-likeness (QED) is 0.750. The highest BCUT2D eigenvalue weighted by molar-refractivity contribution is 6.00. The summed E-state index contributed by atoms with van der Waals surface area (Å²) in [5, 5.41) is 5.66. The maximum Gasteiger partial charge on any atom is 0.329 e. The number of carbonyl (C=O) groups is 2. The predicted molar refractivity (Wildman–Crippen MR) is 99.5 cm³/mol. The van der Waals surface area contributed by atoms with Crippen molar-refractivity contribution in [2.45, 2.75) is 37.8 Å². The van der Waals surface area contributed by atoms with E-state index in [2.05, 4.69) is 10.6 Å². The Labute approximate surface area is 156 Å². The van der Waals surface area contributed by atoms with Gasteiger partial charge in [0.2, 0.25) is 11.8 Å². The van der Waals surface area contributed by atoms with Crippen molar-refractivity contribution in [2.24, 2.45) is 7.05 Å². The molecule has 8 heteroatoms. The second-order valence-corrected chi connectivity index (χ2v) is 7.24. The van der Waals surface area contributed by atoms with Crippen LogP contribution in [0.1, 0.15) is 30.9 Å². The molecule has 1 unspecified atom stereocenters. The molecular weight excluding hydrogens is 348 g/mol. The maximum absolute atomic E-state index is 12.8. The molecule has 0 bridgehead atoms. The van der Waals surface area contributed by atoms with E-state index in [9.17, 15) is 14.4 Å². The molecule has 2 aliphatic rings. The van der Waals surface area contributed by atoms with Gasteiger partial charge in [0.05, 0.1) is 23.7 Å². The van der Waals surface area contributed by atoms with Gasteiger partial charge in [0.25, 0.3) is 0 Å². The molecule has 4 rings (SSSR count). The second kappa shape index (κ2) is 7.28. The molecule has 2 amide bonds. The van der Waals surface area contributed by atoms with Crippen molar-refractivity contribution >= 4 is 22.8 Å². The number of hydrogen-bond donors (Lipinski definition) is 2. The average Bonchev–Trinajstić information content (AvgIpc) is 2.92. The lowest BCUT2D eigenvalue weighted by Gasteiger charge is -2.23. The molecule has 2 atom stereocenters. The summed E-state index contributed by atoms with van der Waals surface area (Å²) in [6, 6.07) is 5.26. The Hall–Kier alpha value is -2.45. The van der Waals surface area contributed by atoms with Crippen molar-refractivity contribution in [1.82, 2.24) is 19.8 Å². The first-order chi connectivity index (χ1) is 13.0. The number of benzene rings is 1. The number of piperidine rings is 1. The molecule has 2 saturated heterocycles. The highest BCUT2D eigenvalue weighted by atomic mass is 16.5. The summed E-state index contributed by atoms with van der Waals surface area (Å²) < 4.78 is 8.82. The number of carbonyl (C=O) groups excluding carboxylic acids is 2. The van der Waals surface area contributed by atoms with E-state index in [4.69, 9.17) is 4.74 Å². The summed E-state index contributed by atoms with van der Waals surface area (Å²) in [7, 11) is 1.71. The largest absolute Gasteiger partial charge is 0.376 e. The Bertz CT molecular complexity index is 939. The standard InChI is InChI=1S/C19H24N4O4/c1-22-16-10-12(2-4-13-11-20-8-9-27-13)3-5-14(16)23(19(22)26)15-6-7-17(24)21-18(15)25/h3,5,10,13,15,20H,2,4,6-9,11H2,1H3,(H,21,24,25)/t13-,15?/m0/s1. The Balaban J connectivity index is 1.61. The maximum atomic E-state index is 12.8. The van der Waals surface area contributed by atoms with Crippen LogP contribution in [-0.4, -0.2) is 46.7 Å². The molecule has 2 aliphatic heterocycles. The highest BCUT2D eigenvalue weighted by Gasteiger charge is 2.31. The number of imide groups is 1. The van der Waals surface area contributed by atoms with E-state index >= 15 is 0 Å². The number of rotatable bonds is 4. The van der Waals surface area contributed by atoms with Crippen molar-refractivity contribution in [3.63, 3.8) is 0 Å². The molecule has 0 radical (unpaired) electrons. The van der Waals surface area contributed by atoms with E-state index in [-0.39, 0.29) is 24.1 Å². The summed E-state index contributed by atoms with van der Waals surface area (Å²) in [5.41, 5.74) is 2.41. The van der Waals surface area contributed by atoms with Crippen LogP contribution in [0.3, 0.4) is 0 Å². The number of fused-ring (bicyclic) bond motifs is 1. The molecule has 8 nitrogen and oxygen atoms in total. The zero-order valence-corrected chi connectivity index (χ0v) is 15.4. The van der Waals surface area contributed by atoms with Crippen molar-refractivity contribution in [3.05, 3.63) is 34.2 Å². The van der Waals surface area contributed by atoms with E-state index in [0.717, 1.165) is 49.1 Å². The monoisotopic (exact) mass is 372 g/mol. The topological polar surface area (TPSA) is 94.4 Å². The molecule has 2 fully saturated rings. The van der Waals surface area contributed by atoms with Crippen LogP contribution in [0.4, 0.5) is 0 Å². The van der Waals surface area contributed by atoms with Crippen molar-refractivity contribution in [2.75, 3.05) is 19.7 Å². The van der Waals surface area contributed by atoms with Crippen LogP contribution in [0.2, 0.25) is 0 Å². The second-order valence-electron chi connectivity index (χ2n) is 7.24. The van der Waals surface area contributed by atoms with Gasteiger partial charge < -0.3 is 10.1 Å². The van der Waals surface area contributed by atoms with Gasteiger partial charge in [0, 0.05) is 26.6 Å². The van der Waals surface area contributed by atoms with Gasteiger partial charge in [-0.15, -0.1) is 0 Å². The number of nitrogens with zero attached hydrogens (tertiary/aromatic N) is 2. The first-order valence-corrected chi connectivity index (χ1v) is 9.40. The first-order valence-electron chi connectivity index (χ1n) is 9.40. The predicted octanol–water partition coefficient (Wildman–Crippen LogP) is 0.239. The number of hydrogen-bond acceptors (Lipinski definition) is 5. The number of aryl methyl sites for hydroxylation is 2. The van der Waals surface area contributed by atoms with Gasteiger partial charge in [-0.05, 0) is 37.0 Å². The van der Waals surface area contributed by atoms with E-state index in [1.165, 1.54) is 4.57 Å². The number of ether oxygens (including phenoxy) is 1. The lowest BCUT2D eigenvalue weighted by molar-refractivity contribution is -0.135.